The molecule has 33 heavy (non-hydrogen) atoms. The number of rotatable bonds is 4. The number of benzene rings is 2. The Hall–Kier alpha value is -3.48. The summed E-state index contributed by atoms with van der Waals surface area (Å²) >= 11 is 0. The molecule has 0 bridgehead atoms. The van der Waals surface area contributed by atoms with Gasteiger partial charge in [0.1, 0.15) is 11.6 Å². The Balaban J connectivity index is 1.34. The molecule has 6 nitrogen and oxygen atoms in total. The van der Waals surface area contributed by atoms with E-state index < -0.39 is 5.82 Å². The minimum absolute atomic E-state index is 0.0251. The average molecular weight is 447 g/mol. The van der Waals surface area contributed by atoms with Crippen LogP contribution in [0.2, 0.25) is 0 Å². The zero-order chi connectivity index (χ0) is 22.8. The molecule has 1 fully saturated rings. The lowest BCUT2D eigenvalue weighted by Gasteiger charge is -2.33. The molecule has 1 N–H and O–H groups in total. The van der Waals surface area contributed by atoms with Crippen LogP contribution >= 0.6 is 0 Å². The van der Waals surface area contributed by atoms with Gasteiger partial charge in [0.25, 0.3) is 5.56 Å². The first-order valence-electron chi connectivity index (χ1n) is 11.6. The van der Waals surface area contributed by atoms with Crippen LogP contribution in [0.3, 0.4) is 0 Å². The molecule has 2 aromatic carbocycles. The van der Waals surface area contributed by atoms with Crippen molar-refractivity contribution in [2.24, 2.45) is 5.92 Å². The topological polar surface area (TPSA) is 67.2 Å². The van der Waals surface area contributed by atoms with Gasteiger partial charge >= 0.3 is 0 Å². The summed E-state index contributed by atoms with van der Waals surface area (Å²) in [5.74, 6) is 0.0320. The van der Waals surface area contributed by atoms with Crippen molar-refractivity contribution in [2.45, 2.75) is 38.5 Å². The molecule has 0 spiro atoms. The van der Waals surface area contributed by atoms with Crippen LogP contribution < -0.4 is 15.8 Å². The molecule has 1 saturated heterocycles. The molecule has 3 aromatic rings. The van der Waals surface area contributed by atoms with E-state index in [1.54, 1.807) is 18.2 Å². The molecule has 7 heteroatoms. The molecule has 5 rings (SSSR count). The van der Waals surface area contributed by atoms with Crippen LogP contribution in [0.15, 0.2) is 59.4 Å². The third-order valence-corrected chi connectivity index (χ3v) is 6.61. The Kier molecular flexibility index (Phi) is 5.94. The summed E-state index contributed by atoms with van der Waals surface area (Å²) < 4.78 is 14.9. The minimum atomic E-state index is -0.426. The van der Waals surface area contributed by atoms with Crippen LogP contribution in [0.5, 0.6) is 0 Å². The number of amides is 1. The van der Waals surface area contributed by atoms with Crippen molar-refractivity contribution in [3.8, 4) is 5.69 Å². The molecule has 0 saturated carbocycles. The maximum Gasteiger partial charge on any atom is 0.271 e. The first-order chi connectivity index (χ1) is 16.1. The van der Waals surface area contributed by atoms with Gasteiger partial charge in [-0.2, -0.15) is 4.68 Å². The summed E-state index contributed by atoms with van der Waals surface area (Å²) in [6.45, 7) is 1.27. The zero-order valence-corrected chi connectivity index (χ0v) is 18.5. The highest BCUT2D eigenvalue weighted by Gasteiger charge is 2.28. The summed E-state index contributed by atoms with van der Waals surface area (Å²) in [5.41, 5.74) is 3.60. The number of hydrogen-bond donors (Lipinski definition) is 1. The fraction of sp³-hybridized carbons (Fsp3) is 0.346. The van der Waals surface area contributed by atoms with Crippen LogP contribution in [0.1, 0.15) is 36.8 Å². The van der Waals surface area contributed by atoms with Gasteiger partial charge in [-0.15, -0.1) is 5.10 Å². The number of carbonyl (C=O) groups is 1. The Morgan fingerprint density at radius 3 is 2.76 bits per heavy atom. The van der Waals surface area contributed by atoms with Gasteiger partial charge in [0.2, 0.25) is 5.91 Å². The third kappa shape index (κ3) is 4.53. The number of nitrogens with zero attached hydrogens (tertiary/aromatic N) is 3. The summed E-state index contributed by atoms with van der Waals surface area (Å²) in [6, 6.07) is 15.1. The summed E-state index contributed by atoms with van der Waals surface area (Å²) in [4.78, 5) is 27.5. The van der Waals surface area contributed by atoms with Gasteiger partial charge in [-0.3, -0.25) is 9.59 Å². The van der Waals surface area contributed by atoms with E-state index in [-0.39, 0.29) is 17.4 Å². The number of halogens is 1. The number of carbonyl (C=O) groups excluding carboxylic acids is 1. The fourth-order valence-corrected chi connectivity index (χ4v) is 4.90. The number of anilines is 2. The standard InChI is InChI=1S/C26H27FN4O2/c27-20-9-4-10-21(16-20)31-25(32)14-13-24(29-31)30-15-5-8-19(17-30)26(33)28-23-12-3-7-18-6-1-2-11-22(18)23/h3-4,7,9-10,12-14,16,19H,1-2,5-6,8,11,15,17H2,(H,28,33). The number of hydrogen-bond acceptors (Lipinski definition) is 4. The second-order valence-electron chi connectivity index (χ2n) is 8.85. The predicted octanol–water partition coefficient (Wildman–Crippen LogP) is 4.11. The minimum Gasteiger partial charge on any atom is -0.354 e. The van der Waals surface area contributed by atoms with Gasteiger partial charge in [0, 0.05) is 24.8 Å². The fourth-order valence-electron chi connectivity index (χ4n) is 4.90. The summed E-state index contributed by atoms with van der Waals surface area (Å²) in [7, 11) is 0. The van der Waals surface area contributed by atoms with E-state index in [2.05, 4.69) is 16.5 Å². The maximum atomic E-state index is 13.7. The normalized spacial score (nSPS) is 18.0. The molecule has 1 amide bonds. The van der Waals surface area contributed by atoms with Gasteiger partial charge in [-0.1, -0.05) is 18.2 Å². The van der Waals surface area contributed by atoms with E-state index in [9.17, 15) is 14.0 Å². The molecule has 1 atom stereocenters. The monoisotopic (exact) mass is 446 g/mol. The molecule has 2 heterocycles. The van der Waals surface area contributed by atoms with Crippen molar-refractivity contribution < 1.29 is 9.18 Å². The molecule has 170 valence electrons. The van der Waals surface area contributed by atoms with E-state index in [4.69, 9.17) is 0 Å². The molecule has 2 aliphatic rings. The van der Waals surface area contributed by atoms with Crippen LogP contribution in [0.4, 0.5) is 15.9 Å². The van der Waals surface area contributed by atoms with Crippen molar-refractivity contribution >= 4 is 17.4 Å². The first kappa shape index (κ1) is 21.4. The van der Waals surface area contributed by atoms with Crippen LogP contribution in [0.25, 0.3) is 5.69 Å². The number of aryl methyl sites for hydroxylation is 1. The van der Waals surface area contributed by atoms with Crippen LogP contribution in [-0.4, -0.2) is 28.8 Å². The van der Waals surface area contributed by atoms with Crippen molar-refractivity contribution in [1.29, 1.82) is 0 Å². The second kappa shape index (κ2) is 9.17. The van der Waals surface area contributed by atoms with E-state index in [1.165, 1.54) is 40.4 Å². The Morgan fingerprint density at radius 1 is 1.03 bits per heavy atom. The maximum absolute atomic E-state index is 13.7. The summed E-state index contributed by atoms with van der Waals surface area (Å²) in [5, 5.41) is 7.66. The van der Waals surface area contributed by atoms with Crippen molar-refractivity contribution in [3.05, 3.63) is 81.9 Å². The number of piperidine rings is 1. The Labute approximate surface area is 192 Å². The number of fused-ring (bicyclic) bond motifs is 1. The summed E-state index contributed by atoms with van der Waals surface area (Å²) in [6.07, 6.45) is 6.10. The van der Waals surface area contributed by atoms with E-state index in [0.29, 0.717) is 18.1 Å². The lowest BCUT2D eigenvalue weighted by Crippen LogP contribution is -2.42. The van der Waals surface area contributed by atoms with Gasteiger partial charge in [-0.25, -0.2) is 4.39 Å². The SMILES string of the molecule is O=C(Nc1cccc2c1CCCC2)C1CCCN(c2ccc(=O)n(-c3cccc(F)c3)n2)C1. The molecule has 1 aromatic heterocycles. The lowest BCUT2D eigenvalue weighted by molar-refractivity contribution is -0.120. The highest BCUT2D eigenvalue weighted by Crippen LogP contribution is 2.29. The smallest absolute Gasteiger partial charge is 0.271 e. The van der Waals surface area contributed by atoms with Crippen molar-refractivity contribution in [2.75, 3.05) is 23.3 Å². The van der Waals surface area contributed by atoms with Gasteiger partial charge in [-0.05, 0) is 80.0 Å². The molecular formula is C26H27FN4O2. The highest BCUT2D eigenvalue weighted by atomic mass is 19.1. The molecule has 0 radical (unpaired) electrons. The van der Waals surface area contributed by atoms with Gasteiger partial charge in [0.15, 0.2) is 0 Å². The van der Waals surface area contributed by atoms with E-state index in [1.807, 2.05) is 17.0 Å². The number of nitrogens with one attached hydrogen (secondary N) is 1. The molecule has 1 unspecified atom stereocenters. The van der Waals surface area contributed by atoms with Gasteiger partial charge in [0.05, 0.1) is 11.6 Å². The Bertz CT molecular complexity index is 1240. The van der Waals surface area contributed by atoms with E-state index in [0.717, 1.165) is 44.3 Å². The largest absolute Gasteiger partial charge is 0.354 e. The first-order valence-corrected chi connectivity index (χ1v) is 11.6. The second-order valence-corrected chi connectivity index (χ2v) is 8.85. The number of aromatic nitrogens is 2. The molecular weight excluding hydrogens is 419 g/mol. The molecule has 1 aliphatic carbocycles. The average Bonchev–Trinajstić information content (AvgIpc) is 2.84. The lowest BCUT2D eigenvalue weighted by atomic mass is 9.90. The van der Waals surface area contributed by atoms with Crippen molar-refractivity contribution in [1.82, 2.24) is 9.78 Å². The Morgan fingerprint density at radius 2 is 1.88 bits per heavy atom. The predicted molar refractivity (Wildman–Crippen MR) is 126 cm³/mol. The van der Waals surface area contributed by atoms with Crippen LogP contribution in [-0.2, 0) is 17.6 Å². The van der Waals surface area contributed by atoms with Gasteiger partial charge < -0.3 is 10.2 Å². The molecule has 1 aliphatic heterocycles. The third-order valence-electron chi connectivity index (χ3n) is 6.61. The zero-order valence-electron chi connectivity index (χ0n) is 18.5. The van der Waals surface area contributed by atoms with E-state index >= 15 is 0 Å². The quantitative estimate of drug-likeness (QED) is 0.655. The van der Waals surface area contributed by atoms with Crippen molar-refractivity contribution in [3.63, 3.8) is 0 Å². The van der Waals surface area contributed by atoms with Crippen LogP contribution in [0, 0.1) is 11.7 Å². The highest BCUT2D eigenvalue weighted by molar-refractivity contribution is 5.94.